The number of rotatable bonds is 4. The standard InChI is InChI=1S/C20H20ClF4N5O3/c1-11(13-3-2-12(22)8-14(13)20(23,24)25)29-6-5-28(10-16(29)31)15-9-27-30(18(32)17(15)21)19-26-4-7-33-19/h2-3,8-9,11,19,26H,4-7,10H2,1H3. The van der Waals surface area contributed by atoms with Crippen LogP contribution < -0.4 is 15.8 Å². The van der Waals surface area contributed by atoms with Crippen LogP contribution in [0.15, 0.2) is 29.2 Å². The molecule has 33 heavy (non-hydrogen) atoms. The predicted molar refractivity (Wildman–Crippen MR) is 110 cm³/mol. The van der Waals surface area contributed by atoms with Crippen molar-refractivity contribution in [2.75, 3.05) is 37.7 Å². The molecule has 0 spiro atoms. The second kappa shape index (κ2) is 8.92. The molecule has 1 N–H and O–H groups in total. The number of hydrogen-bond donors (Lipinski definition) is 1. The number of piperazine rings is 1. The van der Waals surface area contributed by atoms with Gasteiger partial charge in [0.2, 0.25) is 12.3 Å². The van der Waals surface area contributed by atoms with Gasteiger partial charge in [0.15, 0.2) is 0 Å². The fourth-order valence-corrected chi connectivity index (χ4v) is 4.26. The topological polar surface area (TPSA) is 79.7 Å². The van der Waals surface area contributed by atoms with Gasteiger partial charge < -0.3 is 14.5 Å². The van der Waals surface area contributed by atoms with Gasteiger partial charge in [0.25, 0.3) is 5.56 Å². The number of anilines is 1. The molecule has 1 amide bonds. The Morgan fingerprint density at radius 3 is 2.67 bits per heavy atom. The highest BCUT2D eigenvalue weighted by Gasteiger charge is 2.38. The molecular formula is C20H20ClF4N5O3. The molecule has 3 heterocycles. The molecule has 2 saturated heterocycles. The first-order chi connectivity index (χ1) is 15.6. The van der Waals surface area contributed by atoms with Crippen LogP contribution in [0.25, 0.3) is 0 Å². The zero-order valence-electron chi connectivity index (χ0n) is 17.4. The zero-order chi connectivity index (χ0) is 23.9. The van der Waals surface area contributed by atoms with E-state index in [1.807, 2.05) is 0 Å². The molecule has 2 aliphatic heterocycles. The average molecular weight is 490 g/mol. The summed E-state index contributed by atoms with van der Waals surface area (Å²) in [5.74, 6) is -1.48. The van der Waals surface area contributed by atoms with Crippen LogP contribution in [-0.2, 0) is 15.7 Å². The summed E-state index contributed by atoms with van der Waals surface area (Å²) in [7, 11) is 0. The Morgan fingerprint density at radius 1 is 1.27 bits per heavy atom. The molecule has 2 atom stereocenters. The third kappa shape index (κ3) is 4.55. The van der Waals surface area contributed by atoms with Crippen LogP contribution in [0.5, 0.6) is 0 Å². The number of alkyl halides is 3. The first-order valence-corrected chi connectivity index (χ1v) is 10.5. The maximum atomic E-state index is 13.5. The molecule has 2 aromatic rings. The van der Waals surface area contributed by atoms with Gasteiger partial charge >= 0.3 is 6.18 Å². The van der Waals surface area contributed by atoms with Crippen molar-refractivity contribution in [1.82, 2.24) is 20.0 Å². The first-order valence-electron chi connectivity index (χ1n) is 10.1. The van der Waals surface area contributed by atoms with E-state index >= 15 is 0 Å². The average Bonchev–Trinajstić information content (AvgIpc) is 3.29. The number of hydrogen-bond acceptors (Lipinski definition) is 6. The lowest BCUT2D eigenvalue weighted by Gasteiger charge is -2.39. The normalized spacial score (nSPS) is 20.4. The minimum absolute atomic E-state index is 0.0708. The Morgan fingerprint density at radius 2 is 2.03 bits per heavy atom. The van der Waals surface area contributed by atoms with Crippen molar-refractivity contribution in [3.8, 4) is 0 Å². The molecule has 178 valence electrons. The Kier molecular flexibility index (Phi) is 6.34. The summed E-state index contributed by atoms with van der Waals surface area (Å²) in [6.07, 6.45) is -4.15. The Bertz CT molecular complexity index is 1120. The molecule has 2 fully saturated rings. The van der Waals surface area contributed by atoms with Crippen LogP contribution in [0.4, 0.5) is 23.2 Å². The monoisotopic (exact) mass is 489 g/mol. The van der Waals surface area contributed by atoms with Crippen molar-refractivity contribution < 1.29 is 27.1 Å². The summed E-state index contributed by atoms with van der Waals surface area (Å²) < 4.78 is 60.1. The second-order valence-electron chi connectivity index (χ2n) is 7.68. The van der Waals surface area contributed by atoms with Gasteiger partial charge in [-0.2, -0.15) is 23.0 Å². The van der Waals surface area contributed by atoms with Gasteiger partial charge in [0.1, 0.15) is 10.8 Å². The number of aromatic nitrogens is 2. The summed E-state index contributed by atoms with van der Waals surface area (Å²) in [4.78, 5) is 28.3. The SMILES string of the molecule is CC(c1ccc(F)cc1C(F)(F)F)N1CCN(c2cnn(C3NCCO3)c(=O)c2Cl)CC1=O. The third-order valence-electron chi connectivity index (χ3n) is 5.68. The number of carbonyl (C=O) groups excluding carboxylic acids is 1. The molecule has 1 aromatic carbocycles. The minimum Gasteiger partial charge on any atom is -0.358 e. The van der Waals surface area contributed by atoms with Gasteiger partial charge in [-0.15, -0.1) is 0 Å². The van der Waals surface area contributed by atoms with E-state index in [1.54, 1.807) is 4.90 Å². The van der Waals surface area contributed by atoms with Gasteiger partial charge in [-0.05, 0) is 24.6 Å². The number of ether oxygens (including phenoxy) is 1. The van der Waals surface area contributed by atoms with E-state index in [9.17, 15) is 27.2 Å². The molecule has 8 nitrogen and oxygen atoms in total. The van der Waals surface area contributed by atoms with E-state index in [0.717, 1.165) is 16.8 Å². The van der Waals surface area contributed by atoms with Crippen molar-refractivity contribution in [3.63, 3.8) is 0 Å². The lowest BCUT2D eigenvalue weighted by Crippen LogP contribution is -2.51. The lowest BCUT2D eigenvalue weighted by molar-refractivity contribution is -0.141. The summed E-state index contributed by atoms with van der Waals surface area (Å²) in [6, 6.07) is 1.47. The number of nitrogens with one attached hydrogen (secondary N) is 1. The van der Waals surface area contributed by atoms with E-state index in [0.29, 0.717) is 19.2 Å². The maximum Gasteiger partial charge on any atom is 0.416 e. The zero-order valence-corrected chi connectivity index (χ0v) is 18.2. The third-order valence-corrected chi connectivity index (χ3v) is 6.04. The van der Waals surface area contributed by atoms with Crippen molar-refractivity contribution in [2.45, 2.75) is 25.5 Å². The highest BCUT2D eigenvalue weighted by molar-refractivity contribution is 6.33. The van der Waals surface area contributed by atoms with Crippen molar-refractivity contribution >= 4 is 23.2 Å². The summed E-state index contributed by atoms with van der Waals surface area (Å²) >= 11 is 6.25. The van der Waals surface area contributed by atoms with Crippen LogP contribution in [0.1, 0.15) is 30.4 Å². The fourth-order valence-electron chi connectivity index (χ4n) is 4.00. The van der Waals surface area contributed by atoms with Crippen LogP contribution in [0, 0.1) is 5.82 Å². The Hall–Kier alpha value is -2.70. The molecule has 2 aliphatic rings. The number of amides is 1. The summed E-state index contributed by atoms with van der Waals surface area (Å²) in [5.41, 5.74) is -1.67. The molecule has 0 radical (unpaired) electrons. The van der Waals surface area contributed by atoms with E-state index in [-0.39, 0.29) is 35.9 Å². The molecule has 0 aliphatic carbocycles. The number of carbonyl (C=O) groups is 1. The predicted octanol–water partition coefficient (Wildman–Crippen LogP) is 2.54. The molecule has 13 heteroatoms. The maximum absolute atomic E-state index is 13.5. The molecule has 2 unspecified atom stereocenters. The van der Waals surface area contributed by atoms with E-state index in [1.165, 1.54) is 18.0 Å². The summed E-state index contributed by atoms with van der Waals surface area (Å²) in [6.45, 7) is 2.49. The van der Waals surface area contributed by atoms with Crippen molar-refractivity contribution in [1.29, 1.82) is 0 Å². The molecular weight excluding hydrogens is 470 g/mol. The van der Waals surface area contributed by atoms with Gasteiger partial charge in [0.05, 0.1) is 36.6 Å². The van der Waals surface area contributed by atoms with E-state index in [4.69, 9.17) is 16.3 Å². The second-order valence-corrected chi connectivity index (χ2v) is 8.06. The smallest absolute Gasteiger partial charge is 0.358 e. The van der Waals surface area contributed by atoms with Crippen molar-refractivity contribution in [3.05, 3.63) is 56.7 Å². The quantitative estimate of drug-likeness (QED) is 0.665. The highest BCUT2D eigenvalue weighted by Crippen LogP contribution is 2.37. The van der Waals surface area contributed by atoms with Gasteiger partial charge in [-0.3, -0.25) is 14.9 Å². The van der Waals surface area contributed by atoms with E-state index < -0.39 is 41.4 Å². The van der Waals surface area contributed by atoms with Crippen LogP contribution in [0.2, 0.25) is 5.02 Å². The largest absolute Gasteiger partial charge is 0.416 e. The Labute approximate surface area is 190 Å². The minimum atomic E-state index is -4.77. The first kappa shape index (κ1) is 23.5. The summed E-state index contributed by atoms with van der Waals surface area (Å²) in [5, 5.41) is 6.87. The van der Waals surface area contributed by atoms with Crippen LogP contribution >= 0.6 is 11.6 Å². The molecule has 4 rings (SSSR count). The van der Waals surface area contributed by atoms with Gasteiger partial charge in [-0.25, -0.2) is 4.39 Å². The van der Waals surface area contributed by atoms with Gasteiger partial charge in [-0.1, -0.05) is 17.7 Å². The highest BCUT2D eigenvalue weighted by atomic mass is 35.5. The van der Waals surface area contributed by atoms with Gasteiger partial charge in [0, 0.05) is 19.6 Å². The molecule has 0 bridgehead atoms. The number of nitrogens with zero attached hydrogens (tertiary/aromatic N) is 4. The molecule has 1 aromatic heterocycles. The number of benzene rings is 1. The van der Waals surface area contributed by atoms with E-state index in [2.05, 4.69) is 10.4 Å². The number of halogens is 5. The van der Waals surface area contributed by atoms with Crippen LogP contribution in [-0.4, -0.2) is 53.4 Å². The Balaban J connectivity index is 1.54. The van der Waals surface area contributed by atoms with Crippen LogP contribution in [0.3, 0.4) is 0 Å². The fraction of sp³-hybridized carbons (Fsp3) is 0.450. The molecule has 0 saturated carbocycles. The lowest BCUT2D eigenvalue weighted by atomic mass is 9.98. The van der Waals surface area contributed by atoms with Crippen molar-refractivity contribution in [2.24, 2.45) is 0 Å².